The Morgan fingerprint density at radius 3 is 2.74 bits per heavy atom. The van der Waals surface area contributed by atoms with Crippen LogP contribution in [0.5, 0.6) is 5.75 Å². The van der Waals surface area contributed by atoms with Crippen molar-refractivity contribution in [3.05, 3.63) is 29.3 Å². The van der Waals surface area contributed by atoms with E-state index in [2.05, 4.69) is 0 Å². The molecule has 0 bridgehead atoms. The number of rotatable bonds is 4. The van der Waals surface area contributed by atoms with Crippen LogP contribution in [0.1, 0.15) is 0 Å². The molecule has 0 spiro atoms. The molecule has 102 valence electrons. The highest BCUT2D eigenvalue weighted by Gasteiger charge is 2.35. The fourth-order valence-corrected chi connectivity index (χ4v) is 1.87. The van der Waals surface area contributed by atoms with Crippen LogP contribution in [0.25, 0.3) is 0 Å². The summed E-state index contributed by atoms with van der Waals surface area (Å²) in [5.41, 5.74) is 0. The van der Waals surface area contributed by atoms with E-state index < -0.39 is 18.1 Å². The number of benzene rings is 1. The van der Waals surface area contributed by atoms with Gasteiger partial charge in [0.15, 0.2) is 6.10 Å². The minimum absolute atomic E-state index is 0.151. The predicted octanol–water partition coefficient (Wildman–Crippen LogP) is 2.31. The molecular weight excluding hydrogens is 293 g/mol. The Morgan fingerprint density at radius 1 is 1.42 bits per heavy atom. The van der Waals surface area contributed by atoms with Gasteiger partial charge in [-0.15, -0.1) is 11.6 Å². The number of carbonyl (C=O) groups is 2. The first-order chi connectivity index (χ1) is 9.10. The first-order valence-corrected chi connectivity index (χ1v) is 6.46. The number of imide groups is 1. The van der Waals surface area contributed by atoms with E-state index in [0.29, 0.717) is 10.8 Å². The highest BCUT2D eigenvalue weighted by molar-refractivity contribution is 6.30. The molecule has 2 rings (SSSR count). The molecule has 1 aromatic rings. The zero-order valence-electron chi connectivity index (χ0n) is 9.84. The normalized spacial score (nSPS) is 18.3. The molecule has 0 aliphatic carbocycles. The standard InChI is InChI=1S/C12H11Cl2NO4/c13-5-11(16)15-6-10(19-12(15)17)7-18-9-3-1-8(14)2-4-9/h1-4,10H,5-7H2. The topological polar surface area (TPSA) is 55.8 Å². The number of ether oxygens (including phenoxy) is 2. The summed E-state index contributed by atoms with van der Waals surface area (Å²) < 4.78 is 10.4. The summed E-state index contributed by atoms with van der Waals surface area (Å²) in [7, 11) is 0. The van der Waals surface area contributed by atoms with E-state index in [1.807, 2.05) is 0 Å². The van der Waals surface area contributed by atoms with Crippen LogP contribution in [0, 0.1) is 0 Å². The number of nitrogens with zero attached hydrogens (tertiary/aromatic N) is 1. The molecule has 0 N–H and O–H groups in total. The van der Waals surface area contributed by atoms with Crippen molar-refractivity contribution >= 4 is 35.2 Å². The molecule has 1 heterocycles. The molecule has 2 amide bonds. The monoisotopic (exact) mass is 303 g/mol. The number of carbonyl (C=O) groups excluding carboxylic acids is 2. The van der Waals surface area contributed by atoms with Gasteiger partial charge in [0.05, 0.1) is 6.54 Å². The van der Waals surface area contributed by atoms with E-state index in [4.69, 9.17) is 32.7 Å². The number of hydrogen-bond donors (Lipinski definition) is 0. The molecule has 1 atom stereocenters. The van der Waals surface area contributed by atoms with E-state index >= 15 is 0 Å². The van der Waals surface area contributed by atoms with Crippen molar-refractivity contribution < 1.29 is 19.1 Å². The lowest BCUT2D eigenvalue weighted by Crippen LogP contribution is -2.33. The molecule has 19 heavy (non-hydrogen) atoms. The lowest BCUT2D eigenvalue weighted by Gasteiger charge is -2.10. The van der Waals surface area contributed by atoms with Crippen molar-refractivity contribution in [2.75, 3.05) is 19.0 Å². The van der Waals surface area contributed by atoms with Crippen molar-refractivity contribution in [3.63, 3.8) is 0 Å². The van der Waals surface area contributed by atoms with Crippen LogP contribution in [0.15, 0.2) is 24.3 Å². The zero-order chi connectivity index (χ0) is 13.8. The van der Waals surface area contributed by atoms with Gasteiger partial charge in [-0.3, -0.25) is 4.79 Å². The van der Waals surface area contributed by atoms with Gasteiger partial charge in [-0.2, -0.15) is 0 Å². The largest absolute Gasteiger partial charge is 0.490 e. The Balaban J connectivity index is 1.86. The van der Waals surface area contributed by atoms with Crippen LogP contribution in [-0.2, 0) is 9.53 Å². The van der Waals surface area contributed by atoms with Crippen molar-refractivity contribution in [3.8, 4) is 5.75 Å². The number of amides is 2. The number of cyclic esters (lactones) is 1. The number of alkyl halides is 1. The molecule has 7 heteroatoms. The van der Waals surface area contributed by atoms with Gasteiger partial charge in [-0.25, -0.2) is 9.69 Å². The second kappa shape index (κ2) is 6.12. The Labute approximate surface area is 120 Å². The van der Waals surface area contributed by atoms with Gasteiger partial charge >= 0.3 is 6.09 Å². The predicted molar refractivity (Wildman–Crippen MR) is 69.6 cm³/mol. The maximum atomic E-state index is 11.4. The lowest BCUT2D eigenvalue weighted by molar-refractivity contribution is -0.125. The van der Waals surface area contributed by atoms with E-state index in [-0.39, 0.29) is 19.0 Å². The molecule has 1 aromatic carbocycles. The highest BCUT2D eigenvalue weighted by Crippen LogP contribution is 2.18. The summed E-state index contributed by atoms with van der Waals surface area (Å²) >= 11 is 11.1. The van der Waals surface area contributed by atoms with E-state index in [9.17, 15) is 9.59 Å². The van der Waals surface area contributed by atoms with Crippen molar-refractivity contribution in [1.29, 1.82) is 0 Å². The first-order valence-electron chi connectivity index (χ1n) is 5.55. The van der Waals surface area contributed by atoms with Crippen LogP contribution >= 0.6 is 23.2 Å². The summed E-state index contributed by atoms with van der Waals surface area (Å²) in [6.07, 6.45) is -1.18. The summed E-state index contributed by atoms with van der Waals surface area (Å²) in [5, 5.41) is 0.610. The Bertz CT molecular complexity index is 477. The van der Waals surface area contributed by atoms with Crippen molar-refractivity contribution in [2.45, 2.75) is 6.10 Å². The second-order valence-electron chi connectivity index (χ2n) is 3.91. The van der Waals surface area contributed by atoms with Gasteiger partial charge in [0.2, 0.25) is 5.91 Å². The fraction of sp³-hybridized carbons (Fsp3) is 0.333. The molecule has 0 saturated carbocycles. The van der Waals surface area contributed by atoms with Crippen LogP contribution in [0.3, 0.4) is 0 Å². The Morgan fingerprint density at radius 2 is 2.11 bits per heavy atom. The molecule has 1 saturated heterocycles. The Kier molecular flexibility index (Phi) is 4.50. The minimum Gasteiger partial charge on any atom is -0.490 e. The molecule has 0 radical (unpaired) electrons. The average molecular weight is 304 g/mol. The zero-order valence-corrected chi connectivity index (χ0v) is 11.4. The molecule has 1 aliphatic heterocycles. The second-order valence-corrected chi connectivity index (χ2v) is 4.61. The first kappa shape index (κ1) is 14.0. The van der Waals surface area contributed by atoms with E-state index in [1.165, 1.54) is 0 Å². The third-order valence-electron chi connectivity index (χ3n) is 2.54. The quantitative estimate of drug-likeness (QED) is 0.801. The smallest absolute Gasteiger partial charge is 0.417 e. The van der Waals surface area contributed by atoms with Crippen LogP contribution in [0.4, 0.5) is 4.79 Å². The van der Waals surface area contributed by atoms with Crippen molar-refractivity contribution in [2.24, 2.45) is 0 Å². The SMILES string of the molecule is O=C(CCl)N1CC(COc2ccc(Cl)cc2)OC1=O. The van der Waals surface area contributed by atoms with E-state index in [1.54, 1.807) is 24.3 Å². The average Bonchev–Trinajstić information content (AvgIpc) is 2.78. The molecule has 1 fully saturated rings. The summed E-state index contributed by atoms with van der Waals surface area (Å²) in [5.74, 6) is -0.108. The lowest BCUT2D eigenvalue weighted by atomic mass is 10.3. The molecule has 1 aliphatic rings. The van der Waals surface area contributed by atoms with Gasteiger partial charge in [0.1, 0.15) is 18.2 Å². The molecular formula is C12H11Cl2NO4. The van der Waals surface area contributed by atoms with Crippen molar-refractivity contribution in [1.82, 2.24) is 4.90 Å². The van der Waals surface area contributed by atoms with Gasteiger partial charge in [0.25, 0.3) is 0 Å². The van der Waals surface area contributed by atoms with Crippen LogP contribution in [-0.4, -0.2) is 42.0 Å². The molecule has 0 aromatic heterocycles. The highest BCUT2D eigenvalue weighted by atomic mass is 35.5. The molecule has 5 nitrogen and oxygen atoms in total. The maximum absolute atomic E-state index is 11.4. The summed E-state index contributed by atoms with van der Waals surface area (Å²) in [6.45, 7) is 0.317. The fourth-order valence-electron chi connectivity index (χ4n) is 1.60. The van der Waals surface area contributed by atoms with Gasteiger partial charge in [0, 0.05) is 5.02 Å². The summed E-state index contributed by atoms with van der Waals surface area (Å²) in [6, 6.07) is 6.81. The third-order valence-corrected chi connectivity index (χ3v) is 3.02. The third kappa shape index (κ3) is 3.52. The minimum atomic E-state index is -0.685. The maximum Gasteiger partial charge on any atom is 0.417 e. The van der Waals surface area contributed by atoms with Gasteiger partial charge in [-0.1, -0.05) is 11.6 Å². The van der Waals surface area contributed by atoms with Crippen LogP contribution in [0.2, 0.25) is 5.02 Å². The van der Waals surface area contributed by atoms with Gasteiger partial charge in [-0.05, 0) is 24.3 Å². The number of hydrogen-bond acceptors (Lipinski definition) is 4. The number of halogens is 2. The van der Waals surface area contributed by atoms with Gasteiger partial charge < -0.3 is 9.47 Å². The summed E-state index contributed by atoms with van der Waals surface area (Å²) in [4.78, 5) is 23.7. The molecule has 1 unspecified atom stereocenters. The Hall–Kier alpha value is -1.46. The van der Waals surface area contributed by atoms with E-state index in [0.717, 1.165) is 4.90 Å². The van der Waals surface area contributed by atoms with Crippen LogP contribution < -0.4 is 4.74 Å².